The Labute approximate surface area is 176 Å². The smallest absolute Gasteiger partial charge is 0.254 e. The van der Waals surface area contributed by atoms with Gasteiger partial charge in [-0.3, -0.25) is 9.69 Å². The zero-order valence-electron chi connectivity index (χ0n) is 17.4. The molecule has 1 fully saturated rings. The monoisotopic (exact) mass is 398 g/mol. The number of benzene rings is 3. The van der Waals surface area contributed by atoms with E-state index < -0.39 is 0 Å². The number of carbonyl (C=O) groups is 1. The van der Waals surface area contributed by atoms with Gasteiger partial charge >= 0.3 is 0 Å². The van der Waals surface area contributed by atoms with Gasteiger partial charge in [-0.25, -0.2) is 4.98 Å². The number of piperazine rings is 1. The Morgan fingerprint density at radius 1 is 1.00 bits per heavy atom. The highest BCUT2D eigenvalue weighted by atomic mass is 16.2. The summed E-state index contributed by atoms with van der Waals surface area (Å²) in [5.74, 6) is 0.922. The first-order valence-corrected chi connectivity index (χ1v) is 10.6. The van der Waals surface area contributed by atoms with Crippen LogP contribution < -0.4 is 0 Å². The lowest BCUT2D eigenvalue weighted by molar-refractivity contribution is 0.0364. The predicted octanol–water partition coefficient (Wildman–Crippen LogP) is 4.62. The van der Waals surface area contributed by atoms with Gasteiger partial charge in [-0.15, -0.1) is 0 Å². The fourth-order valence-corrected chi connectivity index (χ4v) is 4.37. The van der Waals surface area contributed by atoms with E-state index in [0.29, 0.717) is 12.6 Å². The number of para-hydroxylation sites is 2. The van der Waals surface area contributed by atoms with Gasteiger partial charge < -0.3 is 9.88 Å². The number of carbonyl (C=O) groups excluding carboxylic acids is 1. The largest absolute Gasteiger partial charge is 0.340 e. The maximum Gasteiger partial charge on any atom is 0.254 e. The molecule has 1 atom stereocenters. The van der Waals surface area contributed by atoms with E-state index >= 15 is 0 Å². The SMILES string of the molecule is CC(C)N1CCN(C(=O)c2ccc3ccccc3c2)C(c2nc3ccccc3[nH]2)C1. The number of nitrogens with one attached hydrogen (secondary N) is 1. The highest BCUT2D eigenvalue weighted by molar-refractivity contribution is 5.98. The highest BCUT2D eigenvalue weighted by Crippen LogP contribution is 2.29. The fraction of sp³-hybridized carbons (Fsp3) is 0.280. The Hall–Kier alpha value is -3.18. The van der Waals surface area contributed by atoms with E-state index in [1.54, 1.807) is 0 Å². The lowest BCUT2D eigenvalue weighted by Gasteiger charge is -2.42. The van der Waals surface area contributed by atoms with Gasteiger partial charge in [-0.05, 0) is 48.9 Å². The second kappa shape index (κ2) is 7.58. The van der Waals surface area contributed by atoms with Crippen LogP contribution in [0, 0.1) is 0 Å². The lowest BCUT2D eigenvalue weighted by Crippen LogP contribution is -2.52. The van der Waals surface area contributed by atoms with Gasteiger partial charge in [0.2, 0.25) is 0 Å². The first-order valence-electron chi connectivity index (χ1n) is 10.6. The third kappa shape index (κ3) is 3.35. The van der Waals surface area contributed by atoms with Crippen molar-refractivity contribution in [1.29, 1.82) is 0 Å². The van der Waals surface area contributed by atoms with Gasteiger partial charge in [0.05, 0.1) is 11.0 Å². The van der Waals surface area contributed by atoms with E-state index in [1.807, 2.05) is 59.5 Å². The van der Waals surface area contributed by atoms with Gasteiger partial charge in [0, 0.05) is 31.2 Å². The molecule has 30 heavy (non-hydrogen) atoms. The van der Waals surface area contributed by atoms with Crippen molar-refractivity contribution in [3.8, 4) is 0 Å². The zero-order valence-corrected chi connectivity index (χ0v) is 17.4. The Morgan fingerprint density at radius 3 is 2.57 bits per heavy atom. The first-order chi connectivity index (χ1) is 14.6. The molecule has 5 rings (SSSR count). The van der Waals surface area contributed by atoms with Crippen molar-refractivity contribution in [1.82, 2.24) is 19.8 Å². The fourth-order valence-electron chi connectivity index (χ4n) is 4.37. The van der Waals surface area contributed by atoms with Crippen LogP contribution in [0.1, 0.15) is 36.1 Å². The number of nitrogens with zero attached hydrogens (tertiary/aromatic N) is 3. The molecular weight excluding hydrogens is 372 g/mol. The molecule has 5 heteroatoms. The third-order valence-electron chi connectivity index (χ3n) is 6.12. The third-order valence-corrected chi connectivity index (χ3v) is 6.12. The number of hydrogen-bond acceptors (Lipinski definition) is 3. The summed E-state index contributed by atoms with van der Waals surface area (Å²) in [6.07, 6.45) is 0. The molecule has 1 N–H and O–H groups in total. The molecular formula is C25H26N4O. The molecule has 0 bridgehead atoms. The number of amides is 1. The molecule has 0 aliphatic carbocycles. The number of fused-ring (bicyclic) bond motifs is 2. The Morgan fingerprint density at radius 2 is 1.77 bits per heavy atom. The summed E-state index contributed by atoms with van der Waals surface area (Å²) in [6, 6.07) is 22.5. The van der Waals surface area contributed by atoms with Gasteiger partial charge in [0.15, 0.2) is 0 Å². The van der Waals surface area contributed by atoms with Crippen molar-refractivity contribution in [3.05, 3.63) is 78.1 Å². The van der Waals surface area contributed by atoms with Crippen molar-refractivity contribution in [2.45, 2.75) is 25.9 Å². The minimum absolute atomic E-state index is 0.0645. The van der Waals surface area contributed by atoms with Gasteiger partial charge in [0.1, 0.15) is 11.9 Å². The minimum Gasteiger partial charge on any atom is -0.340 e. The number of imidazole rings is 1. The van der Waals surface area contributed by atoms with Gasteiger partial charge in [-0.2, -0.15) is 0 Å². The maximum atomic E-state index is 13.6. The number of aromatic amines is 1. The molecule has 3 aromatic carbocycles. The topological polar surface area (TPSA) is 52.2 Å². The van der Waals surface area contributed by atoms with E-state index in [-0.39, 0.29) is 11.9 Å². The van der Waals surface area contributed by atoms with E-state index in [9.17, 15) is 4.79 Å². The van der Waals surface area contributed by atoms with Crippen LogP contribution in [0.2, 0.25) is 0 Å². The van der Waals surface area contributed by atoms with E-state index in [4.69, 9.17) is 4.98 Å². The minimum atomic E-state index is -0.104. The summed E-state index contributed by atoms with van der Waals surface area (Å²) in [7, 11) is 0. The van der Waals surface area contributed by atoms with Crippen LogP contribution in [0.25, 0.3) is 21.8 Å². The number of H-pyrrole nitrogens is 1. The van der Waals surface area contributed by atoms with Crippen LogP contribution >= 0.6 is 0 Å². The molecule has 1 aromatic heterocycles. The Balaban J connectivity index is 1.52. The zero-order chi connectivity index (χ0) is 20.7. The Bertz CT molecular complexity index is 1180. The van der Waals surface area contributed by atoms with Crippen LogP contribution in [0.4, 0.5) is 0 Å². The molecule has 1 unspecified atom stereocenters. The molecule has 152 valence electrons. The van der Waals surface area contributed by atoms with E-state index in [0.717, 1.165) is 46.3 Å². The van der Waals surface area contributed by atoms with Crippen molar-refractivity contribution in [2.24, 2.45) is 0 Å². The summed E-state index contributed by atoms with van der Waals surface area (Å²) in [5.41, 5.74) is 2.67. The average Bonchev–Trinajstić information content (AvgIpc) is 3.22. The molecule has 1 aliphatic heterocycles. The summed E-state index contributed by atoms with van der Waals surface area (Å²) in [4.78, 5) is 26.3. The number of hydrogen-bond donors (Lipinski definition) is 1. The standard InChI is InChI=1S/C25H26N4O/c1-17(2)28-13-14-29(23(16-28)24-26-21-9-5-6-10-22(21)27-24)25(30)20-12-11-18-7-3-4-8-19(18)15-20/h3-12,15,17,23H,13-14,16H2,1-2H3,(H,26,27). The van der Waals surface area contributed by atoms with Crippen LogP contribution in [0.15, 0.2) is 66.7 Å². The first kappa shape index (κ1) is 18.8. The Kier molecular flexibility index (Phi) is 4.75. The maximum absolute atomic E-state index is 13.6. The van der Waals surface area contributed by atoms with E-state index in [2.05, 4.69) is 35.9 Å². The second-order valence-corrected chi connectivity index (χ2v) is 8.30. The van der Waals surface area contributed by atoms with Crippen LogP contribution in [0.5, 0.6) is 0 Å². The summed E-state index contributed by atoms with van der Waals surface area (Å²) < 4.78 is 0. The normalized spacial score (nSPS) is 17.8. The van der Waals surface area contributed by atoms with Gasteiger partial charge in [0.25, 0.3) is 5.91 Å². The van der Waals surface area contributed by atoms with Crippen molar-refractivity contribution >= 4 is 27.7 Å². The highest BCUT2D eigenvalue weighted by Gasteiger charge is 2.34. The molecule has 0 spiro atoms. The molecule has 5 nitrogen and oxygen atoms in total. The molecule has 1 saturated heterocycles. The summed E-state index contributed by atoms with van der Waals surface area (Å²) in [5, 5.41) is 2.23. The van der Waals surface area contributed by atoms with E-state index in [1.165, 1.54) is 0 Å². The summed E-state index contributed by atoms with van der Waals surface area (Å²) >= 11 is 0. The van der Waals surface area contributed by atoms with Crippen LogP contribution in [0.3, 0.4) is 0 Å². The average molecular weight is 399 g/mol. The molecule has 0 saturated carbocycles. The lowest BCUT2D eigenvalue weighted by atomic mass is 10.0. The molecule has 2 heterocycles. The molecule has 0 radical (unpaired) electrons. The quantitative estimate of drug-likeness (QED) is 0.548. The summed E-state index contributed by atoms with van der Waals surface area (Å²) in [6.45, 7) is 6.74. The van der Waals surface area contributed by atoms with Crippen LogP contribution in [-0.2, 0) is 0 Å². The number of rotatable bonds is 3. The molecule has 1 amide bonds. The number of aromatic nitrogens is 2. The molecule has 1 aliphatic rings. The van der Waals surface area contributed by atoms with Crippen molar-refractivity contribution < 1.29 is 4.79 Å². The second-order valence-electron chi connectivity index (χ2n) is 8.30. The van der Waals surface area contributed by atoms with Crippen molar-refractivity contribution in [2.75, 3.05) is 19.6 Å². The van der Waals surface area contributed by atoms with Crippen LogP contribution in [-0.4, -0.2) is 51.4 Å². The van der Waals surface area contributed by atoms with Gasteiger partial charge in [-0.1, -0.05) is 42.5 Å². The van der Waals surface area contributed by atoms with Crippen molar-refractivity contribution in [3.63, 3.8) is 0 Å². The predicted molar refractivity (Wildman–Crippen MR) is 121 cm³/mol. The molecule has 4 aromatic rings.